The van der Waals surface area contributed by atoms with E-state index in [0.717, 1.165) is 18.8 Å². The normalized spacial score (nSPS) is 22.4. The monoisotopic (exact) mass is 515 g/mol. The van der Waals surface area contributed by atoms with Crippen LogP contribution in [0.1, 0.15) is 48.7 Å². The van der Waals surface area contributed by atoms with E-state index in [2.05, 4.69) is 22.3 Å². The average Bonchev–Trinajstić information content (AvgIpc) is 3.41. The van der Waals surface area contributed by atoms with Crippen LogP contribution in [0.5, 0.6) is 5.75 Å². The van der Waals surface area contributed by atoms with E-state index >= 15 is 0 Å². The molecule has 3 atom stereocenters. The second-order valence-corrected chi connectivity index (χ2v) is 11.6. The Kier molecular flexibility index (Phi) is 8.79. The fraction of sp³-hybridized carbons (Fsp3) is 0.519. The van der Waals surface area contributed by atoms with Gasteiger partial charge < -0.3 is 14.8 Å². The summed E-state index contributed by atoms with van der Waals surface area (Å²) < 4.78 is 38.9. The van der Waals surface area contributed by atoms with Crippen LogP contribution in [-0.4, -0.2) is 82.0 Å². The molecule has 2 aliphatic heterocycles. The number of carbonyl (C=O) groups is 1. The number of Topliss-reactive ketones (excluding diaryl/α,β-unsaturated/α-hetero) is 1. The van der Waals surface area contributed by atoms with Crippen molar-refractivity contribution < 1.29 is 22.7 Å². The highest BCUT2D eigenvalue weighted by Crippen LogP contribution is 2.26. The summed E-state index contributed by atoms with van der Waals surface area (Å²) in [5.74, 6) is 0.684. The number of hydrogen-bond acceptors (Lipinski definition) is 7. The Morgan fingerprint density at radius 3 is 2.39 bits per heavy atom. The molecule has 36 heavy (non-hydrogen) atoms. The van der Waals surface area contributed by atoms with E-state index in [-0.39, 0.29) is 35.5 Å². The summed E-state index contributed by atoms with van der Waals surface area (Å²) in [6, 6.07) is 14.6. The first kappa shape index (κ1) is 26.8. The number of ether oxygens (including phenoxy) is 2. The zero-order valence-electron chi connectivity index (χ0n) is 21.4. The van der Waals surface area contributed by atoms with Gasteiger partial charge in [-0.3, -0.25) is 9.69 Å². The molecule has 0 amide bonds. The van der Waals surface area contributed by atoms with E-state index in [1.165, 1.54) is 28.8 Å². The molecule has 1 N–H and O–H groups in total. The number of ketones is 1. The van der Waals surface area contributed by atoms with Crippen LogP contribution in [0, 0.1) is 0 Å². The number of morpholine rings is 1. The zero-order valence-corrected chi connectivity index (χ0v) is 22.2. The number of nitrogens with one attached hydrogen (secondary N) is 1. The number of carbonyl (C=O) groups excluding carboxylic acids is 1. The number of sulfonamides is 1. The van der Waals surface area contributed by atoms with Gasteiger partial charge in [0.25, 0.3) is 0 Å². The van der Waals surface area contributed by atoms with E-state index in [0.29, 0.717) is 25.2 Å². The second kappa shape index (κ2) is 11.8. The van der Waals surface area contributed by atoms with Crippen LogP contribution in [0.3, 0.4) is 0 Å². The van der Waals surface area contributed by atoms with E-state index in [9.17, 15) is 13.2 Å². The summed E-state index contributed by atoms with van der Waals surface area (Å²) in [5, 5.41) is 3.32. The van der Waals surface area contributed by atoms with E-state index in [1.54, 1.807) is 25.3 Å². The fourth-order valence-electron chi connectivity index (χ4n) is 5.07. The van der Waals surface area contributed by atoms with Gasteiger partial charge in [0.05, 0.1) is 30.8 Å². The van der Waals surface area contributed by atoms with E-state index < -0.39 is 10.0 Å². The maximum atomic E-state index is 13.2. The van der Waals surface area contributed by atoms with Crippen LogP contribution < -0.4 is 10.1 Å². The third kappa shape index (κ3) is 6.33. The molecule has 196 valence electrons. The van der Waals surface area contributed by atoms with Crippen molar-refractivity contribution in [2.75, 3.05) is 46.4 Å². The molecule has 0 aliphatic carbocycles. The SMILES string of the molecule is COc1ccc(C(CNCC(=O)c2cccc(S(=O)(=O)N3CC(C)OC(C)C3)c2)N2CCCC2)cc1. The first-order valence-corrected chi connectivity index (χ1v) is 14.1. The number of hydrogen-bond donors (Lipinski definition) is 1. The Morgan fingerprint density at radius 2 is 1.75 bits per heavy atom. The minimum Gasteiger partial charge on any atom is -0.497 e. The minimum absolute atomic E-state index is 0.134. The number of methoxy groups -OCH3 is 1. The molecule has 2 aromatic rings. The lowest BCUT2D eigenvalue weighted by Crippen LogP contribution is -2.48. The van der Waals surface area contributed by atoms with Gasteiger partial charge in [-0.05, 0) is 69.6 Å². The highest BCUT2D eigenvalue weighted by molar-refractivity contribution is 7.89. The molecule has 2 aromatic carbocycles. The third-order valence-electron chi connectivity index (χ3n) is 6.89. The highest BCUT2D eigenvalue weighted by Gasteiger charge is 2.32. The van der Waals surface area contributed by atoms with Crippen molar-refractivity contribution >= 4 is 15.8 Å². The standard InChI is InChI=1S/C27H37N3O5S/c1-20-18-30(19-21(2)35-20)36(32,33)25-8-6-7-23(15-25)27(31)17-28-16-26(29-13-4-5-14-29)22-9-11-24(34-3)12-10-22/h6-12,15,20-21,26,28H,4-5,13-14,16-19H2,1-3H3. The topological polar surface area (TPSA) is 88.2 Å². The summed E-state index contributed by atoms with van der Waals surface area (Å²) in [6.45, 7) is 7.16. The molecule has 0 spiro atoms. The van der Waals surface area contributed by atoms with Crippen molar-refractivity contribution in [3.05, 3.63) is 59.7 Å². The highest BCUT2D eigenvalue weighted by atomic mass is 32.2. The van der Waals surface area contributed by atoms with Gasteiger partial charge in [0, 0.05) is 31.2 Å². The Labute approximate surface area is 214 Å². The van der Waals surface area contributed by atoms with Gasteiger partial charge in [-0.15, -0.1) is 0 Å². The smallest absolute Gasteiger partial charge is 0.243 e. The largest absolute Gasteiger partial charge is 0.497 e. The molecule has 0 bridgehead atoms. The maximum absolute atomic E-state index is 13.2. The predicted octanol–water partition coefficient (Wildman–Crippen LogP) is 3.10. The molecule has 0 saturated carbocycles. The number of benzene rings is 2. The van der Waals surface area contributed by atoms with Gasteiger partial charge in [-0.1, -0.05) is 24.3 Å². The third-order valence-corrected chi connectivity index (χ3v) is 8.71. The van der Waals surface area contributed by atoms with Crippen molar-refractivity contribution in [3.63, 3.8) is 0 Å². The molecule has 2 heterocycles. The van der Waals surface area contributed by atoms with Gasteiger partial charge >= 0.3 is 0 Å². The van der Waals surface area contributed by atoms with Gasteiger partial charge in [-0.2, -0.15) is 4.31 Å². The first-order chi connectivity index (χ1) is 17.3. The van der Waals surface area contributed by atoms with Gasteiger partial charge in [-0.25, -0.2) is 8.42 Å². The molecule has 9 heteroatoms. The molecular formula is C27H37N3O5S. The Morgan fingerprint density at radius 1 is 1.08 bits per heavy atom. The molecule has 2 fully saturated rings. The lowest BCUT2D eigenvalue weighted by Gasteiger charge is -2.34. The summed E-state index contributed by atoms with van der Waals surface area (Å²) in [6.07, 6.45) is 2.00. The molecule has 2 aliphatic rings. The molecule has 8 nitrogen and oxygen atoms in total. The molecule has 0 radical (unpaired) electrons. The first-order valence-electron chi connectivity index (χ1n) is 12.7. The lowest BCUT2D eigenvalue weighted by molar-refractivity contribution is -0.0440. The Bertz CT molecular complexity index is 1120. The van der Waals surface area contributed by atoms with Crippen LogP contribution in [0.15, 0.2) is 53.4 Å². The Hall–Kier alpha value is -2.30. The molecule has 0 aromatic heterocycles. The molecule has 4 rings (SSSR count). The Balaban J connectivity index is 1.41. The van der Waals surface area contributed by atoms with Crippen molar-refractivity contribution in [1.29, 1.82) is 0 Å². The summed E-state index contributed by atoms with van der Waals surface area (Å²) in [4.78, 5) is 15.6. The van der Waals surface area contributed by atoms with Gasteiger partial charge in [0.1, 0.15) is 5.75 Å². The quantitative estimate of drug-likeness (QED) is 0.487. The molecule has 2 saturated heterocycles. The van der Waals surface area contributed by atoms with Crippen molar-refractivity contribution in [2.45, 2.75) is 49.8 Å². The number of rotatable bonds is 10. The van der Waals surface area contributed by atoms with Crippen LogP contribution in [0.2, 0.25) is 0 Å². The van der Waals surface area contributed by atoms with Crippen molar-refractivity contribution in [3.8, 4) is 5.75 Å². The zero-order chi connectivity index (χ0) is 25.7. The summed E-state index contributed by atoms with van der Waals surface area (Å²) in [5.41, 5.74) is 1.57. The van der Waals surface area contributed by atoms with Crippen LogP contribution in [0.25, 0.3) is 0 Å². The van der Waals surface area contributed by atoms with Crippen LogP contribution >= 0.6 is 0 Å². The average molecular weight is 516 g/mol. The predicted molar refractivity (Wildman–Crippen MR) is 139 cm³/mol. The van der Waals surface area contributed by atoms with E-state index in [1.807, 2.05) is 26.0 Å². The summed E-state index contributed by atoms with van der Waals surface area (Å²) >= 11 is 0. The second-order valence-electron chi connectivity index (χ2n) is 9.69. The maximum Gasteiger partial charge on any atom is 0.243 e. The molecular weight excluding hydrogens is 478 g/mol. The van der Waals surface area contributed by atoms with Crippen LogP contribution in [-0.2, 0) is 14.8 Å². The van der Waals surface area contributed by atoms with Gasteiger partial charge in [0.2, 0.25) is 10.0 Å². The van der Waals surface area contributed by atoms with Gasteiger partial charge in [0.15, 0.2) is 5.78 Å². The number of likely N-dealkylation sites (tertiary alicyclic amines) is 1. The fourth-order valence-corrected chi connectivity index (χ4v) is 6.70. The van der Waals surface area contributed by atoms with E-state index in [4.69, 9.17) is 9.47 Å². The van der Waals surface area contributed by atoms with Crippen LogP contribution in [0.4, 0.5) is 0 Å². The number of nitrogens with zero attached hydrogens (tertiary/aromatic N) is 2. The molecule has 3 unspecified atom stereocenters. The van der Waals surface area contributed by atoms with Crippen molar-refractivity contribution in [1.82, 2.24) is 14.5 Å². The summed E-state index contributed by atoms with van der Waals surface area (Å²) in [7, 11) is -2.05. The minimum atomic E-state index is -3.71. The van der Waals surface area contributed by atoms with Crippen molar-refractivity contribution in [2.24, 2.45) is 0 Å². The lowest BCUT2D eigenvalue weighted by atomic mass is 10.0.